The number of methoxy groups -OCH3 is 2. The Bertz CT molecular complexity index is 384. The smallest absolute Gasteiger partial charge is 0.322 e. The van der Waals surface area contributed by atoms with Crippen LogP contribution < -0.4 is 5.73 Å². The van der Waals surface area contributed by atoms with Crippen molar-refractivity contribution < 1.29 is 22.7 Å². The van der Waals surface area contributed by atoms with Gasteiger partial charge in [0.2, 0.25) is 10.0 Å². The van der Waals surface area contributed by atoms with Gasteiger partial charge in [0.1, 0.15) is 0 Å². The van der Waals surface area contributed by atoms with E-state index in [9.17, 15) is 13.2 Å². The van der Waals surface area contributed by atoms with Crippen LogP contribution in [0, 0.1) is 0 Å². The summed E-state index contributed by atoms with van der Waals surface area (Å²) in [4.78, 5) is 11.1. The third-order valence-corrected chi connectivity index (χ3v) is 4.90. The molecule has 1 aliphatic rings. The summed E-state index contributed by atoms with van der Waals surface area (Å²) in [6, 6.07) is -0.321. The van der Waals surface area contributed by atoms with Crippen molar-refractivity contribution in [2.24, 2.45) is 5.73 Å². The maximum atomic E-state index is 12.0. The van der Waals surface area contributed by atoms with Crippen LogP contribution >= 0.6 is 0 Å². The summed E-state index contributed by atoms with van der Waals surface area (Å²) < 4.78 is 35.0. The highest BCUT2D eigenvalue weighted by atomic mass is 32.2. The van der Waals surface area contributed by atoms with Crippen molar-refractivity contribution in [3.8, 4) is 0 Å². The SMILES string of the molecule is COC(=O)CS(=O)(=O)N1CCC(OC)CC1CN. The van der Waals surface area contributed by atoms with Crippen molar-refractivity contribution in [1.29, 1.82) is 0 Å². The summed E-state index contributed by atoms with van der Waals surface area (Å²) in [5, 5.41) is 0. The van der Waals surface area contributed by atoms with Gasteiger partial charge in [-0.3, -0.25) is 4.79 Å². The van der Waals surface area contributed by atoms with Gasteiger partial charge in [-0.15, -0.1) is 0 Å². The van der Waals surface area contributed by atoms with Crippen LogP contribution in [0.15, 0.2) is 0 Å². The van der Waals surface area contributed by atoms with Gasteiger partial charge in [0.15, 0.2) is 5.75 Å². The minimum absolute atomic E-state index is 0.0168. The molecule has 1 aliphatic heterocycles. The van der Waals surface area contributed by atoms with Crippen molar-refractivity contribution in [1.82, 2.24) is 4.31 Å². The first-order valence-corrected chi connectivity index (χ1v) is 7.34. The molecule has 0 radical (unpaired) electrons. The Balaban J connectivity index is 2.78. The summed E-state index contributed by atoms with van der Waals surface area (Å²) in [7, 11) is -0.908. The van der Waals surface area contributed by atoms with Crippen LogP contribution in [0.3, 0.4) is 0 Å². The van der Waals surface area contributed by atoms with Gasteiger partial charge in [-0.2, -0.15) is 4.31 Å². The minimum Gasteiger partial charge on any atom is -0.468 e. The molecule has 0 aliphatic carbocycles. The molecule has 0 aromatic rings. The molecule has 0 aromatic carbocycles. The molecule has 8 heteroatoms. The summed E-state index contributed by atoms with van der Waals surface area (Å²) in [6.07, 6.45) is 1.17. The Morgan fingerprint density at radius 2 is 2.11 bits per heavy atom. The first-order valence-electron chi connectivity index (χ1n) is 5.73. The van der Waals surface area contributed by atoms with E-state index >= 15 is 0 Å². The van der Waals surface area contributed by atoms with Crippen LogP contribution in [0.25, 0.3) is 0 Å². The topological polar surface area (TPSA) is 98.9 Å². The zero-order valence-corrected chi connectivity index (χ0v) is 11.5. The van der Waals surface area contributed by atoms with Crippen molar-refractivity contribution in [2.75, 3.05) is 33.1 Å². The maximum Gasteiger partial charge on any atom is 0.322 e. The molecular formula is C10H20N2O5S. The number of nitrogens with zero attached hydrogens (tertiary/aromatic N) is 1. The second-order valence-corrected chi connectivity index (χ2v) is 6.14. The monoisotopic (exact) mass is 280 g/mol. The van der Waals surface area contributed by atoms with Crippen LogP contribution in [-0.2, 0) is 24.3 Å². The van der Waals surface area contributed by atoms with Gasteiger partial charge >= 0.3 is 5.97 Å². The third-order valence-electron chi connectivity index (χ3n) is 3.10. The standard InChI is InChI=1S/C10H20N2O5S/c1-16-9-3-4-12(8(5-9)6-11)18(14,15)7-10(13)17-2/h8-9H,3-7,11H2,1-2H3. The number of nitrogens with two attached hydrogens (primary N) is 1. The number of hydrogen-bond donors (Lipinski definition) is 1. The van der Waals surface area contributed by atoms with Crippen molar-refractivity contribution >= 4 is 16.0 Å². The molecular weight excluding hydrogens is 260 g/mol. The molecule has 1 fully saturated rings. The molecule has 1 heterocycles. The Morgan fingerprint density at radius 1 is 1.44 bits per heavy atom. The predicted molar refractivity (Wildman–Crippen MR) is 65.4 cm³/mol. The molecule has 2 unspecified atom stereocenters. The molecule has 7 nitrogen and oxygen atoms in total. The largest absolute Gasteiger partial charge is 0.468 e. The number of carbonyl (C=O) groups is 1. The number of ether oxygens (including phenoxy) is 2. The average Bonchev–Trinajstić information content (AvgIpc) is 2.37. The van der Waals surface area contributed by atoms with Crippen LogP contribution in [0.5, 0.6) is 0 Å². The van der Waals surface area contributed by atoms with Gasteiger partial charge in [0, 0.05) is 26.2 Å². The molecule has 0 saturated carbocycles. The summed E-state index contributed by atoms with van der Waals surface area (Å²) in [5.74, 6) is -1.41. The average molecular weight is 280 g/mol. The van der Waals surface area contributed by atoms with Crippen molar-refractivity contribution in [3.63, 3.8) is 0 Å². The van der Waals surface area contributed by atoms with Gasteiger partial charge in [-0.25, -0.2) is 8.42 Å². The van der Waals surface area contributed by atoms with Gasteiger partial charge in [0.25, 0.3) is 0 Å². The molecule has 0 spiro atoms. The van der Waals surface area contributed by atoms with Gasteiger partial charge < -0.3 is 15.2 Å². The van der Waals surface area contributed by atoms with E-state index in [1.165, 1.54) is 4.31 Å². The molecule has 18 heavy (non-hydrogen) atoms. The highest BCUT2D eigenvalue weighted by Crippen LogP contribution is 2.22. The normalized spacial score (nSPS) is 25.9. The van der Waals surface area contributed by atoms with Crippen LogP contribution in [0.4, 0.5) is 0 Å². The van der Waals surface area contributed by atoms with E-state index < -0.39 is 21.7 Å². The van der Waals surface area contributed by atoms with E-state index in [0.29, 0.717) is 19.4 Å². The van der Waals surface area contributed by atoms with E-state index in [2.05, 4.69) is 4.74 Å². The summed E-state index contributed by atoms with van der Waals surface area (Å²) in [5.41, 5.74) is 5.59. The highest BCUT2D eigenvalue weighted by Gasteiger charge is 2.36. The number of sulfonamides is 1. The zero-order valence-electron chi connectivity index (χ0n) is 10.7. The Kier molecular flexibility index (Phi) is 5.51. The molecule has 106 valence electrons. The van der Waals surface area contributed by atoms with Crippen molar-refractivity contribution in [3.05, 3.63) is 0 Å². The van der Waals surface area contributed by atoms with Gasteiger partial charge in [-0.05, 0) is 12.8 Å². The van der Waals surface area contributed by atoms with E-state index in [-0.39, 0.29) is 18.7 Å². The summed E-state index contributed by atoms with van der Waals surface area (Å²) in [6.45, 7) is 0.528. The number of rotatable bonds is 5. The molecule has 0 aromatic heterocycles. The second-order valence-electron chi connectivity index (χ2n) is 4.21. The summed E-state index contributed by atoms with van der Waals surface area (Å²) >= 11 is 0. The first-order chi connectivity index (χ1) is 8.44. The lowest BCUT2D eigenvalue weighted by Crippen LogP contribution is -2.52. The van der Waals surface area contributed by atoms with Crippen LogP contribution in [0.1, 0.15) is 12.8 Å². The Morgan fingerprint density at radius 3 is 2.61 bits per heavy atom. The lowest BCUT2D eigenvalue weighted by atomic mass is 10.0. The Hall–Kier alpha value is -0.700. The number of esters is 1. The van der Waals surface area contributed by atoms with Crippen LogP contribution in [-0.4, -0.2) is 63.9 Å². The van der Waals surface area contributed by atoms with Crippen molar-refractivity contribution in [2.45, 2.75) is 25.0 Å². The van der Waals surface area contributed by atoms with E-state index in [1.807, 2.05) is 0 Å². The lowest BCUT2D eigenvalue weighted by molar-refractivity contribution is -0.137. The number of piperidine rings is 1. The Labute approximate surface area is 107 Å². The third kappa shape index (κ3) is 3.64. The number of carbonyl (C=O) groups excluding carboxylic acids is 1. The molecule has 2 N–H and O–H groups in total. The second kappa shape index (κ2) is 6.46. The lowest BCUT2D eigenvalue weighted by Gasteiger charge is -2.37. The molecule has 2 atom stereocenters. The van der Waals surface area contributed by atoms with Crippen LogP contribution in [0.2, 0.25) is 0 Å². The molecule has 0 amide bonds. The maximum absolute atomic E-state index is 12.0. The van der Waals surface area contributed by atoms with Gasteiger partial charge in [0.05, 0.1) is 13.2 Å². The van der Waals surface area contributed by atoms with E-state index in [0.717, 1.165) is 7.11 Å². The first kappa shape index (κ1) is 15.4. The molecule has 1 rings (SSSR count). The minimum atomic E-state index is -3.66. The fraction of sp³-hybridized carbons (Fsp3) is 0.900. The fourth-order valence-corrected chi connectivity index (χ4v) is 3.67. The molecule has 0 bridgehead atoms. The predicted octanol–water partition coefficient (Wildman–Crippen LogP) is -1.07. The molecule has 1 saturated heterocycles. The highest BCUT2D eigenvalue weighted by molar-refractivity contribution is 7.89. The quantitative estimate of drug-likeness (QED) is 0.644. The zero-order chi connectivity index (χ0) is 13.8. The van der Waals surface area contributed by atoms with E-state index in [1.54, 1.807) is 7.11 Å². The van der Waals surface area contributed by atoms with Gasteiger partial charge in [-0.1, -0.05) is 0 Å². The van der Waals surface area contributed by atoms with E-state index in [4.69, 9.17) is 10.5 Å². The fourth-order valence-electron chi connectivity index (χ4n) is 2.08. The number of hydrogen-bond acceptors (Lipinski definition) is 6.